The van der Waals surface area contributed by atoms with Crippen molar-refractivity contribution in [1.82, 2.24) is 0 Å². The summed E-state index contributed by atoms with van der Waals surface area (Å²) < 4.78 is 5.26. The minimum Gasteiger partial charge on any atom is -0.456 e. The lowest BCUT2D eigenvalue weighted by Crippen LogP contribution is -2.37. The number of carbonyl (C=O) groups excluding carboxylic acids is 2. The van der Waals surface area contributed by atoms with Gasteiger partial charge in [0.1, 0.15) is 6.61 Å². The molecule has 0 saturated heterocycles. The highest BCUT2D eigenvalue weighted by molar-refractivity contribution is 6.42. The molecule has 0 aliphatic carbocycles. The van der Waals surface area contributed by atoms with Crippen LogP contribution in [0.1, 0.15) is 23.5 Å². The minimum atomic E-state index is -0.458. The Morgan fingerprint density at radius 1 is 1.08 bits per heavy atom. The SMILES string of the molecule is Cc1ccc(N2C(=O)CC(c3cccc(Cl)c3Cl)C3=C2COC3=O)cc1. The molecule has 26 heavy (non-hydrogen) atoms. The fraction of sp³-hybridized carbons (Fsp3) is 0.200. The monoisotopic (exact) mass is 387 g/mol. The first-order chi connectivity index (χ1) is 12.5. The van der Waals surface area contributed by atoms with Gasteiger partial charge in [0.2, 0.25) is 5.91 Å². The van der Waals surface area contributed by atoms with Crippen LogP contribution in [0.4, 0.5) is 5.69 Å². The van der Waals surface area contributed by atoms with E-state index in [0.29, 0.717) is 26.9 Å². The van der Waals surface area contributed by atoms with E-state index in [-0.39, 0.29) is 18.9 Å². The van der Waals surface area contributed by atoms with Gasteiger partial charge in [0, 0.05) is 18.0 Å². The van der Waals surface area contributed by atoms with Gasteiger partial charge < -0.3 is 4.74 Å². The van der Waals surface area contributed by atoms with Gasteiger partial charge in [-0.1, -0.05) is 53.0 Å². The molecule has 2 aliphatic heterocycles. The van der Waals surface area contributed by atoms with Crippen molar-refractivity contribution in [2.24, 2.45) is 0 Å². The summed E-state index contributed by atoms with van der Waals surface area (Å²) in [6, 6.07) is 12.8. The molecule has 2 aliphatic rings. The summed E-state index contributed by atoms with van der Waals surface area (Å²) in [4.78, 5) is 27.0. The molecular formula is C20H15Cl2NO3. The van der Waals surface area contributed by atoms with E-state index in [1.54, 1.807) is 23.1 Å². The van der Waals surface area contributed by atoms with E-state index in [9.17, 15) is 9.59 Å². The molecule has 2 aromatic rings. The molecule has 1 amide bonds. The lowest BCUT2D eigenvalue weighted by atomic mass is 9.84. The first kappa shape index (κ1) is 17.1. The molecule has 0 N–H and O–H groups in total. The molecule has 2 aromatic carbocycles. The van der Waals surface area contributed by atoms with Crippen LogP contribution in [-0.2, 0) is 14.3 Å². The van der Waals surface area contributed by atoms with E-state index in [4.69, 9.17) is 27.9 Å². The third-order valence-electron chi connectivity index (χ3n) is 4.77. The molecule has 4 rings (SSSR count). The van der Waals surface area contributed by atoms with Crippen LogP contribution in [0.5, 0.6) is 0 Å². The Morgan fingerprint density at radius 3 is 2.54 bits per heavy atom. The van der Waals surface area contributed by atoms with Crippen LogP contribution in [-0.4, -0.2) is 18.5 Å². The second kappa shape index (κ2) is 6.45. The summed E-state index contributed by atoms with van der Waals surface area (Å²) in [6.07, 6.45) is 0.127. The maximum Gasteiger partial charge on any atom is 0.336 e. The van der Waals surface area contributed by atoms with Gasteiger partial charge in [0.15, 0.2) is 0 Å². The molecule has 132 valence electrons. The zero-order chi connectivity index (χ0) is 18.4. The fourth-order valence-electron chi connectivity index (χ4n) is 3.50. The molecule has 0 saturated carbocycles. The van der Waals surface area contributed by atoms with Crippen LogP contribution in [0.25, 0.3) is 0 Å². The highest BCUT2D eigenvalue weighted by Gasteiger charge is 2.43. The van der Waals surface area contributed by atoms with Crippen molar-refractivity contribution < 1.29 is 14.3 Å². The molecule has 0 radical (unpaired) electrons. The largest absolute Gasteiger partial charge is 0.456 e. The molecule has 0 bridgehead atoms. The van der Waals surface area contributed by atoms with Crippen molar-refractivity contribution >= 4 is 40.8 Å². The normalized spacial score (nSPS) is 19.7. The topological polar surface area (TPSA) is 46.6 Å². The van der Waals surface area contributed by atoms with Crippen LogP contribution < -0.4 is 4.90 Å². The number of hydrogen-bond donors (Lipinski definition) is 0. The maximum atomic E-state index is 13.0. The number of esters is 1. The summed E-state index contributed by atoms with van der Waals surface area (Å²) in [5.74, 6) is -0.974. The van der Waals surface area contributed by atoms with Crippen molar-refractivity contribution in [2.75, 3.05) is 11.5 Å². The van der Waals surface area contributed by atoms with Gasteiger partial charge >= 0.3 is 5.97 Å². The third-order valence-corrected chi connectivity index (χ3v) is 5.60. The Kier molecular flexibility index (Phi) is 4.25. The maximum absolute atomic E-state index is 13.0. The Balaban J connectivity index is 1.85. The van der Waals surface area contributed by atoms with Gasteiger partial charge in [0.25, 0.3) is 0 Å². The molecule has 0 fully saturated rings. The second-order valence-corrected chi connectivity index (χ2v) is 7.19. The minimum absolute atomic E-state index is 0.0719. The Labute approximate surface area is 161 Å². The average Bonchev–Trinajstić information content (AvgIpc) is 3.00. The van der Waals surface area contributed by atoms with Crippen LogP contribution >= 0.6 is 23.2 Å². The molecule has 0 spiro atoms. The number of benzene rings is 2. The molecule has 6 heteroatoms. The quantitative estimate of drug-likeness (QED) is 0.705. The number of carbonyl (C=O) groups is 2. The Hall–Kier alpha value is -2.30. The van der Waals surface area contributed by atoms with Crippen LogP contribution in [0, 0.1) is 6.92 Å². The molecular weight excluding hydrogens is 373 g/mol. The van der Waals surface area contributed by atoms with Gasteiger partial charge in [-0.05, 0) is 30.7 Å². The zero-order valence-electron chi connectivity index (χ0n) is 14.0. The summed E-state index contributed by atoms with van der Waals surface area (Å²) in [5, 5.41) is 0.758. The molecule has 4 nitrogen and oxygen atoms in total. The predicted octanol–water partition coefficient (Wildman–Crippen LogP) is 4.63. The summed E-state index contributed by atoms with van der Waals surface area (Å²) in [5.41, 5.74) is 3.55. The zero-order valence-corrected chi connectivity index (χ0v) is 15.5. The number of rotatable bonds is 2. The number of anilines is 1. The second-order valence-electron chi connectivity index (χ2n) is 6.40. The van der Waals surface area contributed by atoms with E-state index in [1.807, 2.05) is 31.2 Å². The third kappa shape index (κ3) is 2.70. The van der Waals surface area contributed by atoms with Gasteiger partial charge in [-0.15, -0.1) is 0 Å². The lowest BCUT2D eigenvalue weighted by molar-refractivity contribution is -0.136. The van der Waals surface area contributed by atoms with Gasteiger partial charge in [-0.25, -0.2) is 4.79 Å². The molecule has 0 aromatic heterocycles. The van der Waals surface area contributed by atoms with Crippen molar-refractivity contribution in [3.8, 4) is 0 Å². The van der Waals surface area contributed by atoms with Gasteiger partial charge in [-0.2, -0.15) is 0 Å². The summed E-state index contributed by atoms with van der Waals surface area (Å²) in [6.45, 7) is 2.05. The van der Waals surface area contributed by atoms with Crippen molar-refractivity contribution in [1.29, 1.82) is 0 Å². The molecule has 2 heterocycles. The van der Waals surface area contributed by atoms with Gasteiger partial charge in [-0.3, -0.25) is 9.69 Å². The first-order valence-corrected chi connectivity index (χ1v) is 8.96. The molecule has 1 unspecified atom stereocenters. The summed E-state index contributed by atoms with van der Waals surface area (Å²) in [7, 11) is 0. The van der Waals surface area contributed by atoms with E-state index in [1.165, 1.54) is 0 Å². The fourth-order valence-corrected chi connectivity index (χ4v) is 3.94. The highest BCUT2D eigenvalue weighted by atomic mass is 35.5. The van der Waals surface area contributed by atoms with E-state index in [0.717, 1.165) is 11.3 Å². The Bertz CT molecular complexity index is 950. The van der Waals surface area contributed by atoms with Gasteiger partial charge in [0.05, 0.1) is 21.3 Å². The highest BCUT2D eigenvalue weighted by Crippen LogP contribution is 2.44. The van der Waals surface area contributed by atoms with Crippen molar-refractivity contribution in [3.05, 3.63) is 74.9 Å². The number of halogens is 2. The number of nitrogens with zero attached hydrogens (tertiary/aromatic N) is 1. The average molecular weight is 388 g/mol. The Morgan fingerprint density at radius 2 is 1.81 bits per heavy atom. The van der Waals surface area contributed by atoms with E-state index in [2.05, 4.69) is 0 Å². The number of aryl methyl sites for hydroxylation is 1. The summed E-state index contributed by atoms with van der Waals surface area (Å²) >= 11 is 12.5. The van der Waals surface area contributed by atoms with E-state index < -0.39 is 11.9 Å². The van der Waals surface area contributed by atoms with Crippen molar-refractivity contribution in [2.45, 2.75) is 19.3 Å². The lowest BCUT2D eigenvalue weighted by Gasteiger charge is -2.32. The van der Waals surface area contributed by atoms with Crippen molar-refractivity contribution in [3.63, 3.8) is 0 Å². The van der Waals surface area contributed by atoms with Crippen LogP contribution in [0.2, 0.25) is 10.0 Å². The van der Waals surface area contributed by atoms with E-state index >= 15 is 0 Å². The van der Waals surface area contributed by atoms with Crippen LogP contribution in [0.3, 0.4) is 0 Å². The number of ether oxygens (including phenoxy) is 1. The number of amides is 1. The standard InChI is InChI=1S/C20H15Cl2NO3/c1-11-5-7-12(8-6-11)23-16-10-26-20(25)18(16)14(9-17(23)24)13-3-2-4-15(21)19(13)22/h2-8,14H,9-10H2,1H3. The predicted molar refractivity (Wildman–Crippen MR) is 100 cm³/mol. The number of hydrogen-bond acceptors (Lipinski definition) is 3. The van der Waals surface area contributed by atoms with Crippen LogP contribution in [0.15, 0.2) is 53.7 Å². The smallest absolute Gasteiger partial charge is 0.336 e. The number of cyclic esters (lactones) is 1. The molecule has 1 atom stereocenters. The first-order valence-electron chi connectivity index (χ1n) is 8.21.